The van der Waals surface area contributed by atoms with Gasteiger partial charge in [0.05, 0.1) is 23.9 Å². The molecule has 0 unspecified atom stereocenters. The van der Waals surface area contributed by atoms with Crippen molar-refractivity contribution >= 4 is 28.4 Å². The Morgan fingerprint density at radius 2 is 2.32 bits per heavy atom. The maximum absolute atomic E-state index is 11.6. The number of hydrogen-bond donors (Lipinski definition) is 2. The Morgan fingerprint density at radius 3 is 3.05 bits per heavy atom. The first-order valence-electron chi connectivity index (χ1n) is 5.87. The summed E-state index contributed by atoms with van der Waals surface area (Å²) in [6.07, 6.45) is 3.17. The van der Waals surface area contributed by atoms with Gasteiger partial charge in [-0.3, -0.25) is 19.6 Å². The van der Waals surface area contributed by atoms with E-state index in [0.29, 0.717) is 5.70 Å². The van der Waals surface area contributed by atoms with Gasteiger partial charge in [0.25, 0.3) is 5.91 Å². The van der Waals surface area contributed by atoms with E-state index in [1.165, 1.54) is 17.9 Å². The third-order valence-electron chi connectivity index (χ3n) is 3.04. The van der Waals surface area contributed by atoms with Gasteiger partial charge in [0, 0.05) is 24.1 Å². The summed E-state index contributed by atoms with van der Waals surface area (Å²) >= 11 is 0. The van der Waals surface area contributed by atoms with Crippen LogP contribution in [0.5, 0.6) is 0 Å². The predicted octanol–water partition coefficient (Wildman–Crippen LogP) is 1.25. The number of imide groups is 1. The average Bonchev–Trinajstić information content (AvgIpc) is 2.96. The number of anilines is 1. The monoisotopic (exact) mass is 256 g/mol. The molecule has 2 N–H and O–H groups in total. The highest BCUT2D eigenvalue weighted by atomic mass is 16.2. The summed E-state index contributed by atoms with van der Waals surface area (Å²) in [5, 5.41) is 11.0. The Morgan fingerprint density at radius 1 is 1.47 bits per heavy atom. The zero-order valence-corrected chi connectivity index (χ0v) is 10.3. The molecule has 0 saturated carbocycles. The fourth-order valence-electron chi connectivity index (χ4n) is 2.11. The Hall–Kier alpha value is -2.63. The lowest BCUT2D eigenvalue weighted by molar-refractivity contribution is -0.138. The summed E-state index contributed by atoms with van der Waals surface area (Å²) < 4.78 is 0. The molecule has 0 bridgehead atoms. The van der Waals surface area contributed by atoms with Crippen molar-refractivity contribution in [1.29, 1.82) is 0 Å². The highest BCUT2D eigenvalue weighted by Crippen LogP contribution is 2.23. The third kappa shape index (κ3) is 1.97. The van der Waals surface area contributed by atoms with Crippen LogP contribution >= 0.6 is 0 Å². The van der Waals surface area contributed by atoms with Crippen molar-refractivity contribution in [2.75, 3.05) is 11.9 Å². The largest absolute Gasteiger partial charge is 0.355 e. The molecule has 6 heteroatoms. The number of para-hydroxylation sites is 1. The summed E-state index contributed by atoms with van der Waals surface area (Å²) in [5.41, 5.74) is 2.40. The second kappa shape index (κ2) is 4.24. The number of H-pyrrole nitrogens is 1. The van der Waals surface area contributed by atoms with E-state index in [4.69, 9.17) is 0 Å². The van der Waals surface area contributed by atoms with E-state index in [0.717, 1.165) is 16.6 Å². The second-order valence-electron chi connectivity index (χ2n) is 4.38. The van der Waals surface area contributed by atoms with E-state index in [1.807, 2.05) is 18.2 Å². The van der Waals surface area contributed by atoms with Crippen molar-refractivity contribution < 1.29 is 9.59 Å². The predicted molar refractivity (Wildman–Crippen MR) is 70.2 cm³/mol. The van der Waals surface area contributed by atoms with Crippen molar-refractivity contribution in [3.05, 3.63) is 36.2 Å². The van der Waals surface area contributed by atoms with Crippen LogP contribution in [0.25, 0.3) is 10.9 Å². The van der Waals surface area contributed by atoms with Gasteiger partial charge in [0.1, 0.15) is 0 Å². The minimum atomic E-state index is -0.285. The molecule has 96 valence electrons. The van der Waals surface area contributed by atoms with Gasteiger partial charge in [-0.25, -0.2) is 0 Å². The molecule has 0 saturated heterocycles. The van der Waals surface area contributed by atoms with Crippen LogP contribution in [0.1, 0.15) is 6.92 Å². The Bertz CT molecular complexity index is 701. The van der Waals surface area contributed by atoms with Crippen molar-refractivity contribution in [3.8, 4) is 0 Å². The molecule has 3 rings (SSSR count). The normalized spacial score (nSPS) is 14.9. The van der Waals surface area contributed by atoms with Gasteiger partial charge in [-0.2, -0.15) is 5.10 Å². The topological polar surface area (TPSA) is 78.1 Å². The molecule has 1 aromatic carbocycles. The fourth-order valence-corrected chi connectivity index (χ4v) is 2.11. The molecule has 1 aromatic heterocycles. The maximum atomic E-state index is 11.6. The number of fused-ring (bicyclic) bond motifs is 1. The number of aromatic nitrogens is 2. The van der Waals surface area contributed by atoms with E-state index < -0.39 is 0 Å². The lowest BCUT2D eigenvalue weighted by atomic mass is 10.2. The Labute approximate surface area is 109 Å². The number of aromatic amines is 1. The van der Waals surface area contributed by atoms with Crippen LogP contribution in [-0.4, -0.2) is 33.5 Å². The molecule has 0 spiro atoms. The molecule has 2 aromatic rings. The molecular formula is C13H12N4O2. The molecule has 1 aliphatic heterocycles. The number of hydrogen-bond acceptors (Lipinski definition) is 4. The van der Waals surface area contributed by atoms with Crippen LogP contribution in [0.3, 0.4) is 0 Å². The van der Waals surface area contributed by atoms with Crippen molar-refractivity contribution in [1.82, 2.24) is 15.1 Å². The standard InChI is InChI=1S/C13H12N4O2/c1-8(18)17-7-10(5-12(17)19)15-11-4-2-3-9-6-14-16-13(9)11/h2-6,15H,7H2,1H3,(H,14,16). The Balaban J connectivity index is 1.87. The minimum absolute atomic E-state index is 0.252. The van der Waals surface area contributed by atoms with Gasteiger partial charge in [-0.1, -0.05) is 12.1 Å². The minimum Gasteiger partial charge on any atom is -0.355 e. The zero-order chi connectivity index (χ0) is 13.4. The number of rotatable bonds is 2. The van der Waals surface area contributed by atoms with Crippen molar-refractivity contribution in [2.45, 2.75) is 6.92 Å². The van der Waals surface area contributed by atoms with Crippen LogP contribution in [0.2, 0.25) is 0 Å². The quantitative estimate of drug-likeness (QED) is 0.847. The van der Waals surface area contributed by atoms with Gasteiger partial charge in [0.2, 0.25) is 5.91 Å². The first-order chi connectivity index (χ1) is 9.15. The lowest BCUT2D eigenvalue weighted by Crippen LogP contribution is -2.31. The molecule has 0 aliphatic carbocycles. The number of amides is 2. The number of nitrogens with zero attached hydrogens (tertiary/aromatic N) is 2. The van der Waals surface area contributed by atoms with Gasteiger partial charge in [0.15, 0.2) is 0 Å². The summed E-state index contributed by atoms with van der Waals surface area (Å²) in [6, 6.07) is 5.74. The molecule has 6 nitrogen and oxygen atoms in total. The summed E-state index contributed by atoms with van der Waals surface area (Å²) in [4.78, 5) is 24.0. The molecule has 2 amide bonds. The van der Waals surface area contributed by atoms with Crippen LogP contribution < -0.4 is 5.32 Å². The SMILES string of the molecule is CC(=O)N1CC(Nc2cccc3cn[nH]c23)=CC1=O. The van der Waals surface area contributed by atoms with Crippen molar-refractivity contribution in [2.24, 2.45) is 0 Å². The number of nitrogens with one attached hydrogen (secondary N) is 2. The summed E-state index contributed by atoms with van der Waals surface area (Å²) in [5.74, 6) is -0.537. The Kier molecular flexibility index (Phi) is 2.56. The lowest BCUT2D eigenvalue weighted by Gasteiger charge is -2.12. The second-order valence-corrected chi connectivity index (χ2v) is 4.38. The highest BCUT2D eigenvalue weighted by Gasteiger charge is 2.24. The average molecular weight is 256 g/mol. The molecule has 19 heavy (non-hydrogen) atoms. The van der Waals surface area contributed by atoms with Gasteiger partial charge < -0.3 is 5.32 Å². The van der Waals surface area contributed by atoms with E-state index in [1.54, 1.807) is 6.20 Å². The van der Waals surface area contributed by atoms with Crippen LogP contribution in [0.15, 0.2) is 36.2 Å². The number of carbonyl (C=O) groups excluding carboxylic acids is 2. The smallest absolute Gasteiger partial charge is 0.255 e. The van der Waals surface area contributed by atoms with Crippen molar-refractivity contribution in [3.63, 3.8) is 0 Å². The molecule has 2 heterocycles. The van der Waals surface area contributed by atoms with E-state index in [-0.39, 0.29) is 18.4 Å². The van der Waals surface area contributed by atoms with E-state index in [9.17, 15) is 9.59 Å². The molecule has 0 radical (unpaired) electrons. The van der Waals surface area contributed by atoms with Crippen LogP contribution in [0, 0.1) is 0 Å². The summed E-state index contributed by atoms with van der Waals surface area (Å²) in [6.45, 7) is 1.66. The van der Waals surface area contributed by atoms with E-state index >= 15 is 0 Å². The van der Waals surface area contributed by atoms with Gasteiger partial charge in [-0.05, 0) is 6.07 Å². The first kappa shape index (κ1) is 11.5. The van der Waals surface area contributed by atoms with Gasteiger partial charge >= 0.3 is 0 Å². The number of carbonyl (C=O) groups is 2. The van der Waals surface area contributed by atoms with Crippen LogP contribution in [-0.2, 0) is 9.59 Å². The summed E-state index contributed by atoms with van der Waals surface area (Å²) in [7, 11) is 0. The zero-order valence-electron chi connectivity index (χ0n) is 10.3. The highest BCUT2D eigenvalue weighted by molar-refractivity contribution is 6.03. The number of benzene rings is 1. The molecular weight excluding hydrogens is 244 g/mol. The third-order valence-corrected chi connectivity index (χ3v) is 3.04. The molecule has 0 fully saturated rings. The molecule has 0 atom stereocenters. The van der Waals surface area contributed by atoms with E-state index in [2.05, 4.69) is 15.5 Å². The first-order valence-corrected chi connectivity index (χ1v) is 5.87. The molecule has 1 aliphatic rings. The van der Waals surface area contributed by atoms with Crippen LogP contribution in [0.4, 0.5) is 5.69 Å². The van der Waals surface area contributed by atoms with Gasteiger partial charge in [-0.15, -0.1) is 0 Å². The fraction of sp³-hybridized carbons (Fsp3) is 0.154. The maximum Gasteiger partial charge on any atom is 0.255 e.